The van der Waals surface area contributed by atoms with Gasteiger partial charge < -0.3 is 15.1 Å². The summed E-state index contributed by atoms with van der Waals surface area (Å²) in [6, 6.07) is 15.1. The molecule has 1 aromatic heterocycles. The van der Waals surface area contributed by atoms with Gasteiger partial charge >= 0.3 is 24.3 Å². The molecule has 2 fully saturated rings. The van der Waals surface area contributed by atoms with Crippen molar-refractivity contribution in [2.24, 2.45) is 5.41 Å². The van der Waals surface area contributed by atoms with Crippen LogP contribution in [0.5, 0.6) is 0 Å². The number of likely N-dealkylation sites (tertiary alicyclic amines) is 2. The summed E-state index contributed by atoms with van der Waals surface area (Å²) >= 11 is 0. The molecule has 4 rings (SSSR count). The summed E-state index contributed by atoms with van der Waals surface area (Å²) in [6.45, 7) is 7.79. The smallest absolute Gasteiger partial charge is 0.475 e. The molecule has 0 saturated carbocycles. The van der Waals surface area contributed by atoms with Gasteiger partial charge in [-0.2, -0.15) is 26.3 Å². The number of carboxylic acid groups (broad SMARTS) is 2. The SMILES string of the molecule is CC(C)N1C[C@@H](c2ccccc2)[C@@]2(CCN(Cc3cccnc3)C2=O)C1.O=C(O)C(F)(F)F.O=C(O)C(F)(F)F. The van der Waals surface area contributed by atoms with Crippen LogP contribution < -0.4 is 0 Å². The van der Waals surface area contributed by atoms with E-state index in [-0.39, 0.29) is 11.3 Å². The second kappa shape index (κ2) is 13.1. The number of carboxylic acids is 2. The van der Waals surface area contributed by atoms with Gasteiger partial charge in [-0.15, -0.1) is 0 Å². The summed E-state index contributed by atoms with van der Waals surface area (Å²) in [7, 11) is 0. The average Bonchev–Trinajstić information content (AvgIpc) is 3.41. The van der Waals surface area contributed by atoms with Crippen LogP contribution in [0.15, 0.2) is 54.9 Å². The minimum absolute atomic E-state index is 0.275. The molecule has 2 N–H and O–H groups in total. The molecule has 8 nitrogen and oxygen atoms in total. The Balaban J connectivity index is 0.000000333. The van der Waals surface area contributed by atoms with Crippen molar-refractivity contribution in [3.63, 3.8) is 0 Å². The van der Waals surface area contributed by atoms with E-state index in [9.17, 15) is 31.1 Å². The van der Waals surface area contributed by atoms with E-state index in [1.54, 1.807) is 6.20 Å². The second-order valence-corrected chi connectivity index (χ2v) is 9.59. The number of alkyl halides is 6. The van der Waals surface area contributed by atoms with Crippen molar-refractivity contribution in [1.29, 1.82) is 0 Å². The summed E-state index contributed by atoms with van der Waals surface area (Å²) in [5, 5.41) is 14.2. The minimum atomic E-state index is -5.08. The lowest BCUT2D eigenvalue weighted by molar-refractivity contribution is -0.193. The van der Waals surface area contributed by atoms with Crippen molar-refractivity contribution in [3.05, 3.63) is 66.0 Å². The molecule has 1 spiro atoms. The number of carbonyl (C=O) groups is 3. The lowest BCUT2D eigenvalue weighted by Gasteiger charge is -2.29. The highest BCUT2D eigenvalue weighted by Crippen LogP contribution is 2.50. The number of amides is 1. The van der Waals surface area contributed by atoms with Crippen molar-refractivity contribution in [1.82, 2.24) is 14.8 Å². The summed E-state index contributed by atoms with van der Waals surface area (Å²) < 4.78 is 63.5. The fourth-order valence-electron chi connectivity index (χ4n) is 4.64. The average molecular weight is 578 g/mol. The molecule has 220 valence electrons. The summed E-state index contributed by atoms with van der Waals surface area (Å²) in [5.74, 6) is -4.92. The number of aliphatic carboxylic acids is 2. The molecule has 0 bridgehead atoms. The summed E-state index contributed by atoms with van der Waals surface area (Å²) in [6.07, 6.45) is -5.59. The number of hydrogen-bond acceptors (Lipinski definition) is 5. The molecule has 40 heavy (non-hydrogen) atoms. The van der Waals surface area contributed by atoms with Gasteiger partial charge in [0.1, 0.15) is 0 Å². The molecule has 14 heteroatoms. The predicted octanol–water partition coefficient (Wildman–Crippen LogP) is 4.57. The maximum atomic E-state index is 13.6. The first-order valence-corrected chi connectivity index (χ1v) is 12.1. The molecule has 1 aromatic carbocycles. The molecule has 2 saturated heterocycles. The van der Waals surface area contributed by atoms with E-state index in [2.05, 4.69) is 60.1 Å². The topological polar surface area (TPSA) is 111 Å². The zero-order valence-corrected chi connectivity index (χ0v) is 21.6. The van der Waals surface area contributed by atoms with Gasteiger partial charge in [-0.1, -0.05) is 36.4 Å². The monoisotopic (exact) mass is 577 g/mol. The normalized spacial score (nSPS) is 21.1. The van der Waals surface area contributed by atoms with E-state index in [0.717, 1.165) is 31.6 Å². The lowest BCUT2D eigenvalue weighted by atomic mass is 9.73. The van der Waals surface area contributed by atoms with Gasteiger partial charge in [0.2, 0.25) is 5.91 Å². The van der Waals surface area contributed by atoms with Crippen LogP contribution in [0.3, 0.4) is 0 Å². The zero-order valence-electron chi connectivity index (χ0n) is 21.6. The standard InChI is InChI=1S/C22H27N3O.2C2HF3O2/c1-17(2)25-15-20(19-8-4-3-5-9-19)22(16-25)10-12-24(21(22)26)14-18-7-6-11-23-13-18;2*3-2(4,5)1(6)7/h3-9,11,13,17,20H,10,12,14-16H2,1-2H3;2*(H,6,7)/t20-,22+;;/m0../s1. The van der Waals surface area contributed by atoms with Gasteiger partial charge in [0.15, 0.2) is 0 Å². The fourth-order valence-corrected chi connectivity index (χ4v) is 4.64. The minimum Gasteiger partial charge on any atom is -0.475 e. The van der Waals surface area contributed by atoms with E-state index in [4.69, 9.17) is 19.8 Å². The predicted molar refractivity (Wildman–Crippen MR) is 130 cm³/mol. The number of pyridine rings is 1. The van der Waals surface area contributed by atoms with Crippen LogP contribution in [-0.4, -0.2) is 80.9 Å². The van der Waals surface area contributed by atoms with E-state index in [1.165, 1.54) is 5.56 Å². The number of aromatic nitrogens is 1. The molecule has 3 heterocycles. The van der Waals surface area contributed by atoms with Gasteiger partial charge in [0, 0.05) is 50.5 Å². The van der Waals surface area contributed by atoms with Crippen LogP contribution in [0, 0.1) is 5.41 Å². The third-order valence-corrected chi connectivity index (χ3v) is 6.62. The van der Waals surface area contributed by atoms with Crippen LogP contribution in [0.2, 0.25) is 0 Å². The van der Waals surface area contributed by atoms with Crippen molar-refractivity contribution < 1.29 is 50.9 Å². The summed E-state index contributed by atoms with van der Waals surface area (Å²) in [5.41, 5.74) is 2.12. The van der Waals surface area contributed by atoms with Crippen LogP contribution in [-0.2, 0) is 20.9 Å². The van der Waals surface area contributed by atoms with Gasteiger partial charge in [0.05, 0.1) is 5.41 Å². The first-order chi connectivity index (χ1) is 18.5. The molecule has 2 aliphatic heterocycles. The Bertz CT molecular complexity index is 1120. The van der Waals surface area contributed by atoms with Crippen LogP contribution in [0.4, 0.5) is 26.3 Å². The van der Waals surface area contributed by atoms with Gasteiger partial charge in [-0.3, -0.25) is 14.7 Å². The lowest BCUT2D eigenvalue weighted by Crippen LogP contribution is -2.40. The molecule has 2 atom stereocenters. The van der Waals surface area contributed by atoms with Crippen LogP contribution in [0.1, 0.15) is 37.3 Å². The molecule has 0 unspecified atom stereocenters. The number of halogens is 6. The van der Waals surface area contributed by atoms with Crippen molar-refractivity contribution in [2.75, 3.05) is 19.6 Å². The highest BCUT2D eigenvalue weighted by atomic mass is 19.4. The maximum absolute atomic E-state index is 13.6. The number of rotatable bonds is 4. The van der Waals surface area contributed by atoms with E-state index >= 15 is 0 Å². The van der Waals surface area contributed by atoms with E-state index in [0.29, 0.717) is 18.5 Å². The molecular weight excluding hydrogens is 548 g/mol. The highest BCUT2D eigenvalue weighted by Gasteiger charge is 2.57. The van der Waals surface area contributed by atoms with Crippen molar-refractivity contribution in [3.8, 4) is 0 Å². The quantitative estimate of drug-likeness (QED) is 0.512. The maximum Gasteiger partial charge on any atom is 0.490 e. The second-order valence-electron chi connectivity index (χ2n) is 9.59. The van der Waals surface area contributed by atoms with Crippen molar-refractivity contribution >= 4 is 17.8 Å². The van der Waals surface area contributed by atoms with Crippen LogP contribution in [0.25, 0.3) is 0 Å². The highest BCUT2D eigenvalue weighted by molar-refractivity contribution is 5.87. The number of hydrogen-bond donors (Lipinski definition) is 2. The third kappa shape index (κ3) is 8.41. The number of carbonyl (C=O) groups excluding carboxylic acids is 1. The first-order valence-electron chi connectivity index (χ1n) is 12.1. The van der Waals surface area contributed by atoms with Crippen LogP contribution >= 0.6 is 0 Å². The molecule has 1 amide bonds. The Hall–Kier alpha value is -3.68. The fraction of sp³-hybridized carbons (Fsp3) is 0.462. The molecule has 0 radical (unpaired) electrons. The van der Waals surface area contributed by atoms with E-state index in [1.807, 2.05) is 17.2 Å². The Morgan fingerprint density at radius 2 is 1.55 bits per heavy atom. The van der Waals surface area contributed by atoms with Gasteiger partial charge in [0.25, 0.3) is 0 Å². The molecular formula is C26H29F6N3O5. The third-order valence-electron chi connectivity index (χ3n) is 6.62. The Morgan fingerprint density at radius 1 is 1.00 bits per heavy atom. The molecule has 0 aliphatic carbocycles. The van der Waals surface area contributed by atoms with Gasteiger partial charge in [-0.25, -0.2) is 9.59 Å². The van der Waals surface area contributed by atoms with E-state index < -0.39 is 24.3 Å². The largest absolute Gasteiger partial charge is 0.490 e. The number of nitrogens with zero attached hydrogens (tertiary/aromatic N) is 3. The van der Waals surface area contributed by atoms with Crippen molar-refractivity contribution in [2.45, 2.75) is 51.1 Å². The number of benzene rings is 1. The Labute approximate surface area is 226 Å². The Kier molecular flexibility index (Phi) is 10.7. The molecule has 2 aromatic rings. The Morgan fingerprint density at radius 3 is 2.00 bits per heavy atom. The molecule has 2 aliphatic rings. The zero-order chi connectivity index (χ0) is 30.3. The summed E-state index contributed by atoms with van der Waals surface area (Å²) in [4.78, 5) is 40.1. The first kappa shape index (κ1) is 32.5. The van der Waals surface area contributed by atoms with Gasteiger partial charge in [-0.05, 0) is 37.5 Å².